The number of hydrogen-bond donors (Lipinski definition) is 1. The summed E-state index contributed by atoms with van der Waals surface area (Å²) < 4.78 is 0. The average Bonchev–Trinajstić information content (AvgIpc) is 3.38. The third kappa shape index (κ3) is 4.06. The molecule has 1 N–H and O–H groups in total. The third-order valence-electron chi connectivity index (χ3n) is 4.73. The summed E-state index contributed by atoms with van der Waals surface area (Å²) in [5, 5.41) is 13.1. The molecule has 21 heavy (non-hydrogen) atoms. The molecule has 2 atom stereocenters. The second-order valence-corrected chi connectivity index (χ2v) is 6.49. The first-order chi connectivity index (χ1) is 10.4. The van der Waals surface area contributed by atoms with E-state index in [1.165, 1.54) is 32.2 Å². The van der Waals surface area contributed by atoms with Crippen LogP contribution in [-0.2, 0) is 0 Å². The van der Waals surface area contributed by atoms with Crippen LogP contribution in [0.15, 0.2) is 30.3 Å². The Morgan fingerprint density at radius 3 is 2.67 bits per heavy atom. The number of benzene rings is 1. The van der Waals surface area contributed by atoms with Crippen molar-refractivity contribution >= 4 is 0 Å². The molecular weight excluding hydrogens is 258 g/mol. The lowest BCUT2D eigenvalue weighted by Crippen LogP contribution is -2.40. The van der Waals surface area contributed by atoms with Crippen LogP contribution in [-0.4, -0.2) is 37.1 Å². The minimum absolute atomic E-state index is 0.00310. The van der Waals surface area contributed by atoms with Crippen molar-refractivity contribution in [2.75, 3.05) is 26.2 Å². The largest absolute Gasteiger partial charge is 0.316 e. The molecule has 0 radical (unpaired) electrons. The first kappa shape index (κ1) is 14.6. The van der Waals surface area contributed by atoms with Crippen LogP contribution in [0, 0.1) is 17.2 Å². The van der Waals surface area contributed by atoms with Crippen LogP contribution < -0.4 is 5.32 Å². The Kier molecular flexibility index (Phi) is 4.90. The van der Waals surface area contributed by atoms with Crippen molar-refractivity contribution in [1.29, 1.82) is 5.26 Å². The molecule has 2 unspecified atom stereocenters. The van der Waals surface area contributed by atoms with Crippen LogP contribution in [0.3, 0.4) is 0 Å². The van der Waals surface area contributed by atoms with Crippen LogP contribution in [0.5, 0.6) is 0 Å². The average molecular weight is 283 g/mol. The Morgan fingerprint density at radius 2 is 2.05 bits per heavy atom. The van der Waals surface area contributed by atoms with Gasteiger partial charge in [-0.3, -0.25) is 4.90 Å². The molecule has 1 aromatic carbocycles. The molecule has 0 bridgehead atoms. The van der Waals surface area contributed by atoms with Crippen LogP contribution in [0.2, 0.25) is 0 Å². The Morgan fingerprint density at radius 1 is 1.24 bits per heavy atom. The molecule has 1 heterocycles. The number of hydrogen-bond acceptors (Lipinski definition) is 3. The van der Waals surface area contributed by atoms with Gasteiger partial charge in [-0.2, -0.15) is 5.26 Å². The number of piperidine rings is 1. The molecule has 1 aliphatic carbocycles. The van der Waals surface area contributed by atoms with Crippen molar-refractivity contribution in [2.24, 2.45) is 5.92 Å². The first-order valence-corrected chi connectivity index (χ1v) is 8.26. The van der Waals surface area contributed by atoms with Crippen LogP contribution >= 0.6 is 0 Å². The van der Waals surface area contributed by atoms with Gasteiger partial charge in [0.1, 0.15) is 0 Å². The van der Waals surface area contributed by atoms with Gasteiger partial charge < -0.3 is 5.32 Å². The quantitative estimate of drug-likeness (QED) is 0.872. The van der Waals surface area contributed by atoms with Gasteiger partial charge in [-0.05, 0) is 50.3 Å². The molecule has 0 spiro atoms. The van der Waals surface area contributed by atoms with Crippen molar-refractivity contribution < 1.29 is 0 Å². The van der Waals surface area contributed by atoms with Gasteiger partial charge in [-0.15, -0.1) is 0 Å². The molecule has 112 valence electrons. The van der Waals surface area contributed by atoms with Gasteiger partial charge in [0.25, 0.3) is 0 Å². The molecule has 0 amide bonds. The molecule has 3 rings (SSSR count). The van der Waals surface area contributed by atoms with Gasteiger partial charge in [-0.25, -0.2) is 0 Å². The zero-order valence-corrected chi connectivity index (χ0v) is 12.7. The summed E-state index contributed by atoms with van der Waals surface area (Å²) in [6.45, 7) is 4.36. The van der Waals surface area contributed by atoms with Crippen molar-refractivity contribution in [3.05, 3.63) is 35.9 Å². The first-order valence-electron chi connectivity index (χ1n) is 8.26. The second kappa shape index (κ2) is 7.06. The number of nitriles is 1. The molecular formula is C18H25N3. The van der Waals surface area contributed by atoms with Crippen molar-refractivity contribution in [2.45, 2.75) is 37.6 Å². The van der Waals surface area contributed by atoms with E-state index in [2.05, 4.69) is 28.4 Å². The van der Waals surface area contributed by atoms with Gasteiger partial charge >= 0.3 is 0 Å². The topological polar surface area (TPSA) is 39.1 Å². The predicted molar refractivity (Wildman–Crippen MR) is 85.0 cm³/mol. The predicted octanol–water partition coefficient (Wildman–Crippen LogP) is 2.76. The van der Waals surface area contributed by atoms with E-state index in [0.29, 0.717) is 0 Å². The molecule has 2 fully saturated rings. The fraction of sp³-hybridized carbons (Fsp3) is 0.611. The molecule has 1 saturated heterocycles. The summed E-state index contributed by atoms with van der Waals surface area (Å²) >= 11 is 0. The highest BCUT2D eigenvalue weighted by molar-refractivity contribution is 5.25. The summed E-state index contributed by atoms with van der Waals surface area (Å²) in [6.07, 6.45) is 5.25. The van der Waals surface area contributed by atoms with E-state index in [9.17, 15) is 5.26 Å². The van der Waals surface area contributed by atoms with Crippen LogP contribution in [0.4, 0.5) is 0 Å². The molecule has 1 aromatic rings. The zero-order chi connectivity index (χ0) is 14.5. The maximum Gasteiger partial charge on any atom is 0.0839 e. The minimum atomic E-state index is 0.00310. The van der Waals surface area contributed by atoms with Crippen LogP contribution in [0.25, 0.3) is 0 Å². The van der Waals surface area contributed by atoms with E-state index in [4.69, 9.17) is 0 Å². The molecule has 3 nitrogen and oxygen atoms in total. The van der Waals surface area contributed by atoms with E-state index in [-0.39, 0.29) is 5.92 Å². The molecule has 0 aromatic heterocycles. The fourth-order valence-electron chi connectivity index (χ4n) is 3.36. The number of nitrogens with one attached hydrogen (secondary N) is 1. The van der Waals surface area contributed by atoms with Gasteiger partial charge in [0, 0.05) is 19.1 Å². The second-order valence-electron chi connectivity index (χ2n) is 6.49. The molecule has 1 aliphatic heterocycles. The Labute approximate surface area is 128 Å². The maximum atomic E-state index is 9.55. The van der Waals surface area contributed by atoms with E-state index >= 15 is 0 Å². The van der Waals surface area contributed by atoms with E-state index in [1.807, 2.05) is 18.2 Å². The summed E-state index contributed by atoms with van der Waals surface area (Å²) in [5.74, 6) is 0.762. The summed E-state index contributed by atoms with van der Waals surface area (Å²) in [5.41, 5.74) is 1.16. The highest BCUT2D eigenvalue weighted by atomic mass is 15.2. The van der Waals surface area contributed by atoms with E-state index in [0.717, 1.165) is 37.2 Å². The smallest absolute Gasteiger partial charge is 0.0839 e. The lowest BCUT2D eigenvalue weighted by Gasteiger charge is -2.31. The summed E-state index contributed by atoms with van der Waals surface area (Å²) in [6, 6.07) is 13.5. The van der Waals surface area contributed by atoms with Crippen molar-refractivity contribution in [1.82, 2.24) is 10.2 Å². The van der Waals surface area contributed by atoms with Gasteiger partial charge in [0.05, 0.1) is 12.0 Å². The zero-order valence-electron chi connectivity index (χ0n) is 12.7. The summed E-state index contributed by atoms with van der Waals surface area (Å²) in [7, 11) is 0. The Hall–Kier alpha value is -1.37. The van der Waals surface area contributed by atoms with Gasteiger partial charge in [-0.1, -0.05) is 30.3 Å². The number of nitrogens with zero attached hydrogens (tertiary/aromatic N) is 2. The molecule has 1 saturated carbocycles. The lowest BCUT2D eigenvalue weighted by molar-refractivity contribution is 0.197. The maximum absolute atomic E-state index is 9.55. The standard InChI is InChI=1S/C18H25N3/c19-11-17(16-6-2-1-3-7-16)14-21(18-8-9-18)13-15-5-4-10-20-12-15/h1-3,6-7,15,17-18,20H,4-5,8-10,12-14H2. The van der Waals surface area contributed by atoms with E-state index < -0.39 is 0 Å². The van der Waals surface area contributed by atoms with Gasteiger partial charge in [0.2, 0.25) is 0 Å². The number of rotatable bonds is 6. The van der Waals surface area contributed by atoms with Crippen molar-refractivity contribution in [3.8, 4) is 6.07 Å². The Bertz CT molecular complexity index is 469. The normalized spacial score (nSPS) is 23.7. The highest BCUT2D eigenvalue weighted by Crippen LogP contribution is 2.30. The van der Waals surface area contributed by atoms with Crippen LogP contribution in [0.1, 0.15) is 37.2 Å². The monoisotopic (exact) mass is 283 g/mol. The fourth-order valence-corrected chi connectivity index (χ4v) is 3.36. The van der Waals surface area contributed by atoms with E-state index in [1.54, 1.807) is 0 Å². The molecule has 2 aliphatic rings. The van der Waals surface area contributed by atoms with Gasteiger partial charge in [0.15, 0.2) is 0 Å². The minimum Gasteiger partial charge on any atom is -0.316 e. The van der Waals surface area contributed by atoms with Crippen molar-refractivity contribution in [3.63, 3.8) is 0 Å². The Balaban J connectivity index is 1.62. The highest BCUT2D eigenvalue weighted by Gasteiger charge is 2.32. The summed E-state index contributed by atoms with van der Waals surface area (Å²) in [4.78, 5) is 2.58. The molecule has 3 heteroatoms. The third-order valence-corrected chi connectivity index (χ3v) is 4.73. The SMILES string of the molecule is N#CC(CN(CC1CCCNC1)C1CC1)c1ccccc1. The lowest BCUT2D eigenvalue weighted by atomic mass is 9.96.